The topological polar surface area (TPSA) is 63.1 Å². The molecule has 0 aliphatic heterocycles. The molecule has 0 saturated carbocycles. The van der Waals surface area contributed by atoms with Crippen LogP contribution >= 0.6 is 0 Å². The number of aromatic nitrogens is 2. The third kappa shape index (κ3) is 3.02. The number of hydrogen-bond donors (Lipinski definition) is 1. The molecule has 0 unspecified atom stereocenters. The SMILES string of the molecule is CCCc1ccc(-c2ncc(C(=O)O)c(CC)n2)cc1. The van der Waals surface area contributed by atoms with Gasteiger partial charge in [-0.3, -0.25) is 0 Å². The van der Waals surface area contributed by atoms with E-state index in [9.17, 15) is 4.79 Å². The lowest BCUT2D eigenvalue weighted by molar-refractivity contribution is 0.0694. The average Bonchev–Trinajstić information content (AvgIpc) is 2.47. The number of carbonyl (C=O) groups is 1. The van der Waals surface area contributed by atoms with Gasteiger partial charge < -0.3 is 5.11 Å². The molecule has 0 spiro atoms. The lowest BCUT2D eigenvalue weighted by Crippen LogP contribution is -2.06. The van der Waals surface area contributed by atoms with Gasteiger partial charge in [0.15, 0.2) is 5.82 Å². The minimum absolute atomic E-state index is 0.179. The van der Waals surface area contributed by atoms with Gasteiger partial charge in [0.05, 0.1) is 11.3 Å². The van der Waals surface area contributed by atoms with Crippen molar-refractivity contribution in [3.05, 3.63) is 47.3 Å². The predicted octanol–water partition coefficient (Wildman–Crippen LogP) is 3.36. The Kier molecular flexibility index (Phi) is 4.45. The fourth-order valence-corrected chi connectivity index (χ4v) is 2.11. The van der Waals surface area contributed by atoms with Crippen LogP contribution in [0, 0.1) is 0 Å². The fraction of sp³-hybridized carbons (Fsp3) is 0.312. The largest absolute Gasteiger partial charge is 0.478 e. The first-order valence-electron chi connectivity index (χ1n) is 6.84. The smallest absolute Gasteiger partial charge is 0.339 e. The average molecular weight is 270 g/mol. The highest BCUT2D eigenvalue weighted by Gasteiger charge is 2.12. The summed E-state index contributed by atoms with van der Waals surface area (Å²) < 4.78 is 0. The van der Waals surface area contributed by atoms with Crippen molar-refractivity contribution < 1.29 is 9.90 Å². The van der Waals surface area contributed by atoms with Gasteiger partial charge in [-0.1, -0.05) is 44.5 Å². The molecule has 0 atom stereocenters. The zero-order valence-corrected chi connectivity index (χ0v) is 11.8. The summed E-state index contributed by atoms with van der Waals surface area (Å²) in [6, 6.07) is 8.11. The minimum Gasteiger partial charge on any atom is -0.478 e. The van der Waals surface area contributed by atoms with E-state index in [1.807, 2.05) is 19.1 Å². The van der Waals surface area contributed by atoms with Gasteiger partial charge in [-0.15, -0.1) is 0 Å². The molecule has 4 heteroatoms. The second kappa shape index (κ2) is 6.28. The zero-order valence-electron chi connectivity index (χ0n) is 11.8. The highest BCUT2D eigenvalue weighted by molar-refractivity contribution is 5.88. The van der Waals surface area contributed by atoms with Gasteiger partial charge in [0.1, 0.15) is 0 Å². The minimum atomic E-state index is -0.980. The number of carboxylic acid groups (broad SMARTS) is 1. The van der Waals surface area contributed by atoms with Crippen LogP contribution in [0.2, 0.25) is 0 Å². The molecular formula is C16H18N2O2. The van der Waals surface area contributed by atoms with Crippen molar-refractivity contribution in [2.75, 3.05) is 0 Å². The Morgan fingerprint density at radius 3 is 2.45 bits per heavy atom. The van der Waals surface area contributed by atoms with Crippen LogP contribution in [0.4, 0.5) is 0 Å². The van der Waals surface area contributed by atoms with Gasteiger partial charge in [0.2, 0.25) is 0 Å². The lowest BCUT2D eigenvalue weighted by atomic mass is 10.1. The lowest BCUT2D eigenvalue weighted by Gasteiger charge is -2.06. The molecule has 0 aliphatic carbocycles. The van der Waals surface area contributed by atoms with Crippen LogP contribution in [-0.2, 0) is 12.8 Å². The first kappa shape index (κ1) is 14.2. The maximum Gasteiger partial charge on any atom is 0.339 e. The summed E-state index contributed by atoms with van der Waals surface area (Å²) in [4.78, 5) is 19.6. The van der Waals surface area contributed by atoms with E-state index in [-0.39, 0.29) is 5.56 Å². The van der Waals surface area contributed by atoms with Crippen molar-refractivity contribution in [2.24, 2.45) is 0 Å². The van der Waals surface area contributed by atoms with Crippen molar-refractivity contribution in [2.45, 2.75) is 33.1 Å². The van der Waals surface area contributed by atoms with Gasteiger partial charge in [-0.05, 0) is 18.4 Å². The number of rotatable bonds is 5. The molecule has 20 heavy (non-hydrogen) atoms. The molecule has 1 heterocycles. The second-order valence-electron chi connectivity index (χ2n) is 4.66. The molecule has 2 aromatic rings. The fourth-order valence-electron chi connectivity index (χ4n) is 2.11. The zero-order chi connectivity index (χ0) is 14.5. The van der Waals surface area contributed by atoms with Crippen LogP contribution in [0.25, 0.3) is 11.4 Å². The number of aryl methyl sites for hydroxylation is 2. The van der Waals surface area contributed by atoms with Gasteiger partial charge in [-0.2, -0.15) is 0 Å². The third-order valence-electron chi connectivity index (χ3n) is 3.18. The van der Waals surface area contributed by atoms with Crippen LogP contribution in [-0.4, -0.2) is 21.0 Å². The Morgan fingerprint density at radius 1 is 1.20 bits per heavy atom. The van der Waals surface area contributed by atoms with Crippen LogP contribution < -0.4 is 0 Å². The van der Waals surface area contributed by atoms with E-state index in [4.69, 9.17) is 5.11 Å². The highest BCUT2D eigenvalue weighted by Crippen LogP contribution is 2.18. The first-order chi connectivity index (χ1) is 9.65. The molecule has 0 aliphatic rings. The van der Waals surface area contributed by atoms with Crippen LogP contribution in [0.1, 0.15) is 41.9 Å². The van der Waals surface area contributed by atoms with E-state index in [2.05, 4.69) is 29.0 Å². The van der Waals surface area contributed by atoms with Gasteiger partial charge in [0, 0.05) is 11.8 Å². The molecule has 0 fully saturated rings. The van der Waals surface area contributed by atoms with E-state index in [1.54, 1.807) is 0 Å². The maximum absolute atomic E-state index is 11.1. The number of benzene rings is 1. The molecular weight excluding hydrogens is 252 g/mol. The summed E-state index contributed by atoms with van der Waals surface area (Å²) in [7, 11) is 0. The molecule has 0 saturated heterocycles. The van der Waals surface area contributed by atoms with Crippen molar-refractivity contribution in [3.8, 4) is 11.4 Å². The quantitative estimate of drug-likeness (QED) is 0.904. The van der Waals surface area contributed by atoms with E-state index < -0.39 is 5.97 Å². The summed E-state index contributed by atoms with van der Waals surface area (Å²) in [6.07, 6.45) is 4.14. The summed E-state index contributed by atoms with van der Waals surface area (Å²) >= 11 is 0. The Morgan fingerprint density at radius 2 is 1.90 bits per heavy atom. The van der Waals surface area contributed by atoms with Crippen LogP contribution in [0.15, 0.2) is 30.5 Å². The summed E-state index contributed by atoms with van der Waals surface area (Å²) in [5.41, 5.74) is 2.95. The molecule has 2 rings (SSSR count). The van der Waals surface area contributed by atoms with Crippen molar-refractivity contribution in [1.29, 1.82) is 0 Å². The van der Waals surface area contributed by atoms with E-state index in [0.29, 0.717) is 17.9 Å². The Hall–Kier alpha value is -2.23. The molecule has 0 radical (unpaired) electrons. The Bertz CT molecular complexity index is 606. The Balaban J connectivity index is 2.35. The molecule has 1 N–H and O–H groups in total. The van der Waals surface area contributed by atoms with E-state index >= 15 is 0 Å². The number of hydrogen-bond acceptors (Lipinski definition) is 3. The highest BCUT2D eigenvalue weighted by atomic mass is 16.4. The maximum atomic E-state index is 11.1. The summed E-state index contributed by atoms with van der Waals surface area (Å²) in [5, 5.41) is 9.07. The van der Waals surface area contributed by atoms with Crippen molar-refractivity contribution >= 4 is 5.97 Å². The van der Waals surface area contributed by atoms with E-state index in [1.165, 1.54) is 11.8 Å². The predicted molar refractivity (Wildman–Crippen MR) is 77.8 cm³/mol. The second-order valence-corrected chi connectivity index (χ2v) is 4.66. The molecule has 4 nitrogen and oxygen atoms in total. The normalized spacial score (nSPS) is 10.5. The molecule has 1 aromatic carbocycles. The van der Waals surface area contributed by atoms with E-state index in [0.717, 1.165) is 18.4 Å². The van der Waals surface area contributed by atoms with Crippen LogP contribution in [0.3, 0.4) is 0 Å². The third-order valence-corrected chi connectivity index (χ3v) is 3.18. The van der Waals surface area contributed by atoms with Crippen molar-refractivity contribution in [1.82, 2.24) is 9.97 Å². The standard InChI is InChI=1S/C16H18N2O2/c1-3-5-11-6-8-12(9-7-11)15-17-10-13(16(19)20)14(4-2)18-15/h6-10H,3-5H2,1-2H3,(H,19,20). The van der Waals surface area contributed by atoms with Gasteiger partial charge in [0.25, 0.3) is 0 Å². The Labute approximate surface area is 118 Å². The molecule has 104 valence electrons. The van der Waals surface area contributed by atoms with Gasteiger partial charge in [-0.25, -0.2) is 14.8 Å². The number of aromatic carboxylic acids is 1. The van der Waals surface area contributed by atoms with Gasteiger partial charge >= 0.3 is 5.97 Å². The number of carboxylic acids is 1. The van der Waals surface area contributed by atoms with Crippen molar-refractivity contribution in [3.63, 3.8) is 0 Å². The molecule has 0 amide bonds. The monoisotopic (exact) mass is 270 g/mol. The summed E-state index contributed by atoms with van der Waals surface area (Å²) in [5.74, 6) is -0.401. The molecule has 0 bridgehead atoms. The van der Waals surface area contributed by atoms with Crippen LogP contribution in [0.5, 0.6) is 0 Å². The summed E-state index contributed by atoms with van der Waals surface area (Å²) in [6.45, 7) is 4.04. The first-order valence-corrected chi connectivity index (χ1v) is 6.84. The number of nitrogens with zero attached hydrogens (tertiary/aromatic N) is 2. The molecule has 1 aromatic heterocycles.